The average molecular weight is 433 g/mol. The Morgan fingerprint density at radius 3 is 2.81 bits per heavy atom. The summed E-state index contributed by atoms with van der Waals surface area (Å²) in [6, 6.07) is 4.58. The van der Waals surface area contributed by atoms with Gasteiger partial charge in [-0.15, -0.1) is 0 Å². The highest BCUT2D eigenvalue weighted by atomic mass is 19.4. The molecule has 1 amide bonds. The quantitative estimate of drug-likeness (QED) is 0.623. The van der Waals surface area contributed by atoms with Crippen LogP contribution in [0, 0.1) is 6.92 Å². The molecule has 0 radical (unpaired) electrons. The van der Waals surface area contributed by atoms with Crippen LogP contribution < -0.4 is 10.1 Å². The van der Waals surface area contributed by atoms with Crippen LogP contribution >= 0.6 is 0 Å². The first-order chi connectivity index (χ1) is 14.7. The van der Waals surface area contributed by atoms with E-state index in [0.29, 0.717) is 34.9 Å². The van der Waals surface area contributed by atoms with E-state index in [-0.39, 0.29) is 17.8 Å². The van der Waals surface area contributed by atoms with Gasteiger partial charge in [0.25, 0.3) is 5.91 Å². The van der Waals surface area contributed by atoms with Crippen LogP contribution in [0.3, 0.4) is 0 Å². The molecule has 0 bridgehead atoms. The van der Waals surface area contributed by atoms with Gasteiger partial charge in [-0.3, -0.25) is 4.79 Å². The van der Waals surface area contributed by atoms with Crippen molar-refractivity contribution in [3.63, 3.8) is 0 Å². The summed E-state index contributed by atoms with van der Waals surface area (Å²) >= 11 is 0. The fourth-order valence-corrected chi connectivity index (χ4v) is 3.36. The second kappa shape index (κ2) is 7.89. The number of carbonyl (C=O) groups excluding carboxylic acids is 1. The van der Waals surface area contributed by atoms with Gasteiger partial charge in [0.15, 0.2) is 12.4 Å². The Bertz CT molecular complexity index is 1100. The summed E-state index contributed by atoms with van der Waals surface area (Å²) < 4.78 is 46.7. The number of hydrogen-bond donors (Lipinski definition) is 1. The summed E-state index contributed by atoms with van der Waals surface area (Å²) in [5.41, 5.74) is 2.37. The van der Waals surface area contributed by atoms with E-state index in [1.54, 1.807) is 30.0 Å². The van der Waals surface area contributed by atoms with E-state index >= 15 is 0 Å². The predicted octanol–water partition coefficient (Wildman–Crippen LogP) is 4.17. The third-order valence-electron chi connectivity index (χ3n) is 4.93. The molecule has 1 aliphatic rings. The molecule has 0 aromatic carbocycles. The number of anilines is 2. The topological polar surface area (TPSA) is 93.4 Å². The first-order valence-corrected chi connectivity index (χ1v) is 9.35. The standard InChI is InChI=1S/C20H18F3N5O3/c1-11-7-13(8-25-18(11)30-10-20(21,22)23)12(2)28-9-15-14(19(28)29)3-5-24-17(15)26-16-4-6-31-27-16/h3-8,12H,9-10H2,1-2H3,(H,24,26,27). The maximum Gasteiger partial charge on any atom is 0.422 e. The SMILES string of the molecule is Cc1cc(C(C)N2Cc3c(ccnc3Nc3ccon3)C2=O)cnc1OCC(F)(F)F. The second-order valence-electron chi connectivity index (χ2n) is 7.10. The molecule has 4 rings (SSSR count). The third kappa shape index (κ3) is 4.30. The van der Waals surface area contributed by atoms with E-state index in [1.807, 2.05) is 6.92 Å². The van der Waals surface area contributed by atoms with Crippen LogP contribution in [0.25, 0.3) is 0 Å². The van der Waals surface area contributed by atoms with Crippen LogP contribution in [-0.2, 0) is 6.54 Å². The van der Waals surface area contributed by atoms with Crippen LogP contribution in [0.15, 0.2) is 41.4 Å². The van der Waals surface area contributed by atoms with E-state index in [1.165, 1.54) is 18.7 Å². The molecule has 0 saturated heterocycles. The highest BCUT2D eigenvalue weighted by molar-refractivity contribution is 6.00. The number of hydrogen-bond acceptors (Lipinski definition) is 7. The number of aromatic nitrogens is 3. The number of fused-ring (bicyclic) bond motifs is 1. The number of halogens is 3. The molecular formula is C20H18F3N5O3. The zero-order valence-corrected chi connectivity index (χ0v) is 16.6. The van der Waals surface area contributed by atoms with Gasteiger partial charge in [-0.25, -0.2) is 9.97 Å². The minimum absolute atomic E-state index is 0.0902. The molecule has 31 heavy (non-hydrogen) atoms. The van der Waals surface area contributed by atoms with Gasteiger partial charge >= 0.3 is 6.18 Å². The highest BCUT2D eigenvalue weighted by Gasteiger charge is 2.34. The summed E-state index contributed by atoms with van der Waals surface area (Å²) in [6.45, 7) is 2.33. The maximum absolute atomic E-state index is 13.0. The molecule has 0 fully saturated rings. The molecule has 1 unspecified atom stereocenters. The van der Waals surface area contributed by atoms with Crippen LogP contribution in [0.1, 0.15) is 40.0 Å². The predicted molar refractivity (Wildman–Crippen MR) is 103 cm³/mol. The van der Waals surface area contributed by atoms with E-state index in [4.69, 9.17) is 9.26 Å². The Morgan fingerprint density at radius 1 is 1.32 bits per heavy atom. The Kier molecular flexibility index (Phi) is 5.25. The van der Waals surface area contributed by atoms with Crippen molar-refractivity contribution in [1.29, 1.82) is 0 Å². The fraction of sp³-hybridized carbons (Fsp3) is 0.300. The van der Waals surface area contributed by atoms with Crippen LogP contribution in [0.4, 0.5) is 24.8 Å². The van der Waals surface area contributed by atoms with E-state index in [2.05, 4.69) is 20.4 Å². The van der Waals surface area contributed by atoms with Gasteiger partial charge in [-0.05, 0) is 31.5 Å². The summed E-state index contributed by atoms with van der Waals surface area (Å²) in [5, 5.41) is 6.82. The molecule has 3 aromatic heterocycles. The number of carbonyl (C=O) groups is 1. The molecule has 3 aromatic rings. The number of nitrogens with zero attached hydrogens (tertiary/aromatic N) is 4. The van der Waals surface area contributed by atoms with Gasteiger partial charge in [0.2, 0.25) is 5.88 Å². The monoisotopic (exact) mass is 433 g/mol. The molecule has 162 valence electrons. The van der Waals surface area contributed by atoms with Crippen molar-refractivity contribution in [3.05, 3.63) is 59.1 Å². The van der Waals surface area contributed by atoms with Crippen LogP contribution in [-0.4, -0.2) is 38.7 Å². The minimum atomic E-state index is -4.44. The molecule has 0 aliphatic carbocycles. The lowest BCUT2D eigenvalue weighted by Gasteiger charge is -2.25. The van der Waals surface area contributed by atoms with Gasteiger partial charge in [-0.2, -0.15) is 13.2 Å². The van der Waals surface area contributed by atoms with Crippen LogP contribution in [0.2, 0.25) is 0 Å². The molecule has 11 heteroatoms. The van der Waals surface area contributed by atoms with Crippen molar-refractivity contribution in [2.75, 3.05) is 11.9 Å². The van der Waals surface area contributed by atoms with E-state index < -0.39 is 12.8 Å². The Labute approximate surface area is 175 Å². The highest BCUT2D eigenvalue weighted by Crippen LogP contribution is 2.35. The van der Waals surface area contributed by atoms with Gasteiger partial charge in [0, 0.05) is 35.2 Å². The number of rotatable bonds is 6. The van der Waals surface area contributed by atoms with Gasteiger partial charge < -0.3 is 19.5 Å². The van der Waals surface area contributed by atoms with Gasteiger partial charge in [-0.1, -0.05) is 5.16 Å². The van der Waals surface area contributed by atoms with Crippen molar-refractivity contribution in [3.8, 4) is 5.88 Å². The summed E-state index contributed by atoms with van der Waals surface area (Å²) in [5.74, 6) is 0.699. The number of ether oxygens (including phenoxy) is 1. The molecule has 0 saturated carbocycles. The van der Waals surface area contributed by atoms with Gasteiger partial charge in [0.05, 0.1) is 12.6 Å². The number of amides is 1. The number of aryl methyl sites for hydroxylation is 1. The molecule has 1 aliphatic heterocycles. The maximum atomic E-state index is 13.0. The fourth-order valence-electron chi connectivity index (χ4n) is 3.36. The van der Waals surface area contributed by atoms with Crippen molar-refractivity contribution in [1.82, 2.24) is 20.0 Å². The largest absolute Gasteiger partial charge is 0.468 e. The lowest BCUT2D eigenvalue weighted by Crippen LogP contribution is -2.27. The number of alkyl halides is 3. The Hall–Kier alpha value is -3.63. The first kappa shape index (κ1) is 20.6. The lowest BCUT2D eigenvalue weighted by atomic mass is 10.1. The normalized spacial score (nSPS) is 14.5. The van der Waals surface area contributed by atoms with Crippen molar-refractivity contribution in [2.24, 2.45) is 0 Å². The Morgan fingerprint density at radius 2 is 2.13 bits per heavy atom. The van der Waals surface area contributed by atoms with Crippen molar-refractivity contribution >= 4 is 17.5 Å². The van der Waals surface area contributed by atoms with E-state index in [0.717, 1.165) is 5.56 Å². The van der Waals surface area contributed by atoms with Crippen molar-refractivity contribution in [2.45, 2.75) is 32.6 Å². The average Bonchev–Trinajstić information content (AvgIpc) is 3.34. The zero-order chi connectivity index (χ0) is 22.2. The van der Waals surface area contributed by atoms with Crippen LogP contribution in [0.5, 0.6) is 5.88 Å². The smallest absolute Gasteiger partial charge is 0.422 e. The molecular weight excluding hydrogens is 415 g/mol. The van der Waals surface area contributed by atoms with Crippen molar-refractivity contribution < 1.29 is 27.2 Å². The molecule has 1 N–H and O–H groups in total. The lowest BCUT2D eigenvalue weighted by molar-refractivity contribution is -0.154. The van der Waals surface area contributed by atoms with Gasteiger partial charge in [0.1, 0.15) is 12.1 Å². The van der Waals surface area contributed by atoms with E-state index in [9.17, 15) is 18.0 Å². The minimum Gasteiger partial charge on any atom is -0.468 e. The molecule has 4 heterocycles. The first-order valence-electron chi connectivity index (χ1n) is 9.35. The second-order valence-corrected chi connectivity index (χ2v) is 7.10. The number of pyridine rings is 2. The molecule has 0 spiro atoms. The summed E-state index contributed by atoms with van der Waals surface area (Å²) in [7, 11) is 0. The summed E-state index contributed by atoms with van der Waals surface area (Å²) in [4.78, 5) is 23.0. The molecule has 1 atom stereocenters. The zero-order valence-electron chi connectivity index (χ0n) is 16.6. The number of nitrogens with one attached hydrogen (secondary N) is 1. The molecule has 8 nitrogen and oxygen atoms in total. The summed E-state index contributed by atoms with van der Waals surface area (Å²) in [6.07, 6.45) is -0.0692. The third-order valence-corrected chi connectivity index (χ3v) is 4.93. The Balaban J connectivity index is 1.53.